The van der Waals surface area contributed by atoms with Gasteiger partial charge >= 0.3 is 0 Å². The van der Waals surface area contributed by atoms with Crippen LogP contribution in [0.1, 0.15) is 31.6 Å². The van der Waals surface area contributed by atoms with E-state index in [9.17, 15) is 0 Å². The average molecular weight is 224 g/mol. The van der Waals surface area contributed by atoms with Crippen LogP contribution in [-0.4, -0.2) is 9.97 Å². The number of hydrogen-bond acceptors (Lipinski definition) is 3. The highest BCUT2D eigenvalue weighted by Gasteiger charge is 2.05. The lowest BCUT2D eigenvalue weighted by molar-refractivity contribution is 0.602. The molecule has 1 atom stereocenters. The van der Waals surface area contributed by atoms with E-state index in [0.29, 0.717) is 0 Å². The van der Waals surface area contributed by atoms with Gasteiger partial charge in [0.2, 0.25) is 0 Å². The minimum Gasteiger partial charge on any atom is -0.321 e. The van der Waals surface area contributed by atoms with E-state index in [4.69, 9.17) is 5.73 Å². The molecule has 0 spiro atoms. The Hall–Kier alpha value is -0.380. The van der Waals surface area contributed by atoms with Gasteiger partial charge in [-0.25, -0.2) is 9.97 Å². The van der Waals surface area contributed by atoms with Crippen molar-refractivity contribution >= 4 is 24.8 Å². The van der Waals surface area contributed by atoms with E-state index in [1.54, 1.807) is 18.5 Å². The summed E-state index contributed by atoms with van der Waals surface area (Å²) in [5.41, 5.74) is 5.78. The molecule has 1 aromatic heterocycles. The summed E-state index contributed by atoms with van der Waals surface area (Å²) in [6.45, 7) is 2.10. The minimum absolute atomic E-state index is 0. The summed E-state index contributed by atoms with van der Waals surface area (Å²) in [6.07, 6.45) is 5.46. The zero-order valence-corrected chi connectivity index (χ0v) is 9.14. The van der Waals surface area contributed by atoms with Crippen molar-refractivity contribution in [3.05, 3.63) is 24.3 Å². The van der Waals surface area contributed by atoms with E-state index in [1.165, 1.54) is 0 Å². The van der Waals surface area contributed by atoms with Crippen LogP contribution in [0.25, 0.3) is 0 Å². The number of nitrogens with zero attached hydrogens (tertiary/aromatic N) is 2. The SMILES string of the molecule is CCCC(N)c1ncccn1.Cl.Cl. The van der Waals surface area contributed by atoms with Gasteiger partial charge in [0.1, 0.15) is 5.82 Å². The lowest BCUT2D eigenvalue weighted by Crippen LogP contribution is -2.12. The molecule has 76 valence electrons. The smallest absolute Gasteiger partial charge is 0.144 e. The summed E-state index contributed by atoms with van der Waals surface area (Å²) >= 11 is 0. The highest BCUT2D eigenvalue weighted by atomic mass is 35.5. The molecule has 1 heterocycles. The fraction of sp³-hybridized carbons (Fsp3) is 0.500. The van der Waals surface area contributed by atoms with Crippen LogP contribution in [-0.2, 0) is 0 Å². The van der Waals surface area contributed by atoms with Gasteiger partial charge in [0.15, 0.2) is 0 Å². The quantitative estimate of drug-likeness (QED) is 0.855. The van der Waals surface area contributed by atoms with Crippen molar-refractivity contribution in [2.45, 2.75) is 25.8 Å². The second-order valence-electron chi connectivity index (χ2n) is 2.50. The summed E-state index contributed by atoms with van der Waals surface area (Å²) in [6, 6.07) is 1.79. The van der Waals surface area contributed by atoms with E-state index >= 15 is 0 Å². The standard InChI is InChI=1S/C8H13N3.2ClH/c1-2-4-7(9)8-10-5-3-6-11-8;;/h3,5-7H,2,4,9H2,1H3;2*1H. The summed E-state index contributed by atoms with van der Waals surface area (Å²) in [5.74, 6) is 0.745. The molecular formula is C8H15Cl2N3. The number of nitrogens with two attached hydrogens (primary N) is 1. The molecule has 3 nitrogen and oxygen atoms in total. The van der Waals surface area contributed by atoms with Crippen molar-refractivity contribution in [1.82, 2.24) is 9.97 Å². The van der Waals surface area contributed by atoms with Gasteiger partial charge in [-0.3, -0.25) is 0 Å². The van der Waals surface area contributed by atoms with Crippen molar-refractivity contribution in [1.29, 1.82) is 0 Å². The zero-order chi connectivity index (χ0) is 8.10. The van der Waals surface area contributed by atoms with Gasteiger partial charge in [0.05, 0.1) is 6.04 Å². The number of rotatable bonds is 3. The molecule has 1 unspecified atom stereocenters. The second kappa shape index (κ2) is 8.23. The fourth-order valence-electron chi connectivity index (χ4n) is 0.942. The fourth-order valence-corrected chi connectivity index (χ4v) is 0.942. The molecule has 0 radical (unpaired) electrons. The molecule has 2 N–H and O–H groups in total. The van der Waals surface area contributed by atoms with Crippen LogP contribution in [0.15, 0.2) is 18.5 Å². The molecule has 1 aromatic rings. The Bertz CT molecular complexity index is 206. The summed E-state index contributed by atoms with van der Waals surface area (Å²) < 4.78 is 0. The lowest BCUT2D eigenvalue weighted by atomic mass is 10.2. The van der Waals surface area contributed by atoms with Crippen LogP contribution < -0.4 is 5.73 Å². The van der Waals surface area contributed by atoms with Gasteiger partial charge < -0.3 is 5.73 Å². The molecule has 0 amide bonds. The Labute approximate surface area is 91.0 Å². The maximum Gasteiger partial charge on any atom is 0.144 e. The molecular weight excluding hydrogens is 209 g/mol. The topological polar surface area (TPSA) is 51.8 Å². The van der Waals surface area contributed by atoms with E-state index in [-0.39, 0.29) is 30.9 Å². The van der Waals surface area contributed by atoms with Gasteiger partial charge in [-0.15, -0.1) is 24.8 Å². The van der Waals surface area contributed by atoms with Crippen molar-refractivity contribution < 1.29 is 0 Å². The predicted molar refractivity (Wildman–Crippen MR) is 58.4 cm³/mol. The van der Waals surface area contributed by atoms with Crippen molar-refractivity contribution in [3.63, 3.8) is 0 Å². The Morgan fingerprint density at radius 2 is 1.85 bits per heavy atom. The summed E-state index contributed by atoms with van der Waals surface area (Å²) in [7, 11) is 0. The minimum atomic E-state index is 0. The van der Waals surface area contributed by atoms with E-state index < -0.39 is 0 Å². The monoisotopic (exact) mass is 223 g/mol. The third-order valence-corrected chi connectivity index (χ3v) is 1.52. The van der Waals surface area contributed by atoms with Gasteiger partial charge in [0, 0.05) is 12.4 Å². The van der Waals surface area contributed by atoms with Gasteiger partial charge in [-0.05, 0) is 12.5 Å². The van der Waals surface area contributed by atoms with Crippen LogP contribution >= 0.6 is 24.8 Å². The summed E-state index contributed by atoms with van der Waals surface area (Å²) in [4.78, 5) is 8.12. The van der Waals surface area contributed by atoms with Crippen LogP contribution in [0.2, 0.25) is 0 Å². The number of halogens is 2. The molecule has 0 bridgehead atoms. The second-order valence-corrected chi connectivity index (χ2v) is 2.50. The third kappa shape index (κ3) is 5.03. The number of aromatic nitrogens is 2. The van der Waals surface area contributed by atoms with Gasteiger partial charge in [-0.1, -0.05) is 13.3 Å². The first-order valence-corrected chi connectivity index (χ1v) is 3.87. The molecule has 13 heavy (non-hydrogen) atoms. The highest BCUT2D eigenvalue weighted by Crippen LogP contribution is 2.08. The van der Waals surface area contributed by atoms with Crippen LogP contribution in [0.5, 0.6) is 0 Å². The van der Waals surface area contributed by atoms with E-state index in [1.807, 2.05) is 0 Å². The first-order chi connectivity index (χ1) is 5.34. The molecule has 0 aliphatic carbocycles. The average Bonchev–Trinajstić information content (AvgIpc) is 2.07. The zero-order valence-electron chi connectivity index (χ0n) is 7.51. The Morgan fingerprint density at radius 1 is 1.31 bits per heavy atom. The Balaban J connectivity index is 0. The maximum absolute atomic E-state index is 5.78. The molecule has 0 aliphatic rings. The highest BCUT2D eigenvalue weighted by molar-refractivity contribution is 5.85. The molecule has 0 saturated heterocycles. The molecule has 0 fully saturated rings. The Kier molecular flexibility index (Phi) is 9.56. The Morgan fingerprint density at radius 3 is 2.31 bits per heavy atom. The molecule has 1 rings (SSSR count). The van der Waals surface area contributed by atoms with Crippen LogP contribution in [0.3, 0.4) is 0 Å². The van der Waals surface area contributed by atoms with E-state index in [2.05, 4.69) is 16.9 Å². The largest absolute Gasteiger partial charge is 0.321 e. The van der Waals surface area contributed by atoms with E-state index in [0.717, 1.165) is 18.7 Å². The molecule has 0 aliphatic heterocycles. The van der Waals surface area contributed by atoms with Gasteiger partial charge in [0.25, 0.3) is 0 Å². The van der Waals surface area contributed by atoms with Crippen molar-refractivity contribution in [2.75, 3.05) is 0 Å². The van der Waals surface area contributed by atoms with Crippen LogP contribution in [0.4, 0.5) is 0 Å². The normalized spacial score (nSPS) is 10.9. The number of hydrogen-bond donors (Lipinski definition) is 1. The van der Waals surface area contributed by atoms with Crippen molar-refractivity contribution in [3.8, 4) is 0 Å². The lowest BCUT2D eigenvalue weighted by Gasteiger charge is -2.06. The first kappa shape index (κ1) is 15.1. The first-order valence-electron chi connectivity index (χ1n) is 3.87. The third-order valence-electron chi connectivity index (χ3n) is 1.52. The molecule has 0 aromatic carbocycles. The van der Waals surface area contributed by atoms with Gasteiger partial charge in [-0.2, -0.15) is 0 Å². The maximum atomic E-state index is 5.78. The predicted octanol–water partition coefficient (Wildman–Crippen LogP) is 2.12. The molecule has 5 heteroatoms. The van der Waals surface area contributed by atoms with Crippen LogP contribution in [0, 0.1) is 0 Å². The van der Waals surface area contributed by atoms with Crippen molar-refractivity contribution in [2.24, 2.45) is 5.73 Å². The molecule has 0 saturated carbocycles. The summed E-state index contributed by atoms with van der Waals surface area (Å²) in [5, 5.41) is 0.